The van der Waals surface area contributed by atoms with E-state index in [2.05, 4.69) is 6.08 Å². The van der Waals surface area contributed by atoms with Crippen LogP contribution in [0.5, 0.6) is 0 Å². The van der Waals surface area contributed by atoms with Crippen LogP contribution in [0.3, 0.4) is 0 Å². The number of hydrogen-bond donors (Lipinski definition) is 0. The Kier molecular flexibility index (Phi) is 1.47. The lowest BCUT2D eigenvalue weighted by molar-refractivity contribution is -0.118. The van der Waals surface area contributed by atoms with Gasteiger partial charge in [-0.2, -0.15) is 0 Å². The van der Waals surface area contributed by atoms with Crippen molar-refractivity contribution in [3.8, 4) is 0 Å². The Morgan fingerprint density at radius 1 is 1.38 bits per heavy atom. The lowest BCUT2D eigenvalue weighted by atomic mass is 9.67. The highest BCUT2D eigenvalue weighted by atomic mass is 16.1. The first-order chi connectivity index (χ1) is 6.30. The summed E-state index contributed by atoms with van der Waals surface area (Å²) in [7, 11) is 0. The minimum absolute atomic E-state index is 0.396. The van der Waals surface area contributed by atoms with E-state index in [0.717, 1.165) is 5.92 Å². The first-order valence-electron chi connectivity index (χ1n) is 5.53. The lowest BCUT2D eigenvalue weighted by Gasteiger charge is -2.37. The van der Waals surface area contributed by atoms with E-state index in [1.165, 1.54) is 38.5 Å². The highest BCUT2D eigenvalue weighted by molar-refractivity contribution is 5.93. The summed E-state index contributed by atoms with van der Waals surface area (Å²) in [6.07, 6.45) is 12.0. The summed E-state index contributed by atoms with van der Waals surface area (Å²) >= 11 is 0. The molecule has 3 rings (SSSR count). The minimum atomic E-state index is 0.396. The Morgan fingerprint density at radius 2 is 2.31 bits per heavy atom. The zero-order chi connectivity index (χ0) is 8.89. The molecule has 2 bridgehead atoms. The fraction of sp³-hybridized carbons (Fsp3) is 0.750. The van der Waals surface area contributed by atoms with E-state index in [1.54, 1.807) is 0 Å². The second kappa shape index (κ2) is 2.46. The molecule has 0 N–H and O–H groups in total. The van der Waals surface area contributed by atoms with E-state index in [1.807, 2.05) is 6.08 Å². The van der Waals surface area contributed by atoms with Crippen LogP contribution < -0.4 is 0 Å². The zero-order valence-electron chi connectivity index (χ0n) is 7.96. The summed E-state index contributed by atoms with van der Waals surface area (Å²) in [6, 6.07) is 0. The molecule has 1 nitrogen and oxygen atoms in total. The van der Waals surface area contributed by atoms with Crippen molar-refractivity contribution in [2.45, 2.75) is 38.5 Å². The van der Waals surface area contributed by atoms with Crippen LogP contribution in [0.4, 0.5) is 0 Å². The normalized spacial score (nSPS) is 47.8. The molecule has 3 atom stereocenters. The summed E-state index contributed by atoms with van der Waals surface area (Å²) < 4.78 is 0. The van der Waals surface area contributed by atoms with Gasteiger partial charge in [-0.05, 0) is 43.1 Å². The molecule has 3 aliphatic carbocycles. The topological polar surface area (TPSA) is 17.1 Å². The molecular weight excluding hydrogens is 160 g/mol. The van der Waals surface area contributed by atoms with E-state index in [-0.39, 0.29) is 0 Å². The number of allylic oxidation sites excluding steroid dienone is 2. The van der Waals surface area contributed by atoms with Gasteiger partial charge in [0.25, 0.3) is 0 Å². The summed E-state index contributed by atoms with van der Waals surface area (Å²) in [6.45, 7) is 0. The van der Waals surface area contributed by atoms with Crippen LogP contribution in [0.1, 0.15) is 38.5 Å². The van der Waals surface area contributed by atoms with E-state index in [4.69, 9.17) is 0 Å². The predicted molar refractivity (Wildman–Crippen MR) is 51.3 cm³/mol. The van der Waals surface area contributed by atoms with Crippen LogP contribution in [-0.4, -0.2) is 5.78 Å². The monoisotopic (exact) mass is 176 g/mol. The van der Waals surface area contributed by atoms with Crippen LogP contribution in [0.25, 0.3) is 0 Å². The van der Waals surface area contributed by atoms with Gasteiger partial charge < -0.3 is 0 Å². The average Bonchev–Trinajstić information content (AvgIpc) is 2.47. The molecule has 0 amide bonds. The maximum atomic E-state index is 11.5. The molecule has 0 aliphatic heterocycles. The van der Waals surface area contributed by atoms with Gasteiger partial charge in [0.05, 0.1) is 0 Å². The Bertz CT molecular complexity index is 279. The van der Waals surface area contributed by atoms with Crippen molar-refractivity contribution in [1.29, 1.82) is 0 Å². The van der Waals surface area contributed by atoms with Gasteiger partial charge in [0.15, 0.2) is 5.78 Å². The molecule has 0 saturated heterocycles. The van der Waals surface area contributed by atoms with Crippen molar-refractivity contribution in [2.24, 2.45) is 17.3 Å². The molecule has 70 valence electrons. The predicted octanol–water partition coefficient (Wildman–Crippen LogP) is 2.71. The fourth-order valence-corrected chi connectivity index (χ4v) is 3.73. The Labute approximate surface area is 79.2 Å². The summed E-state index contributed by atoms with van der Waals surface area (Å²) in [4.78, 5) is 11.5. The molecule has 13 heavy (non-hydrogen) atoms. The largest absolute Gasteiger partial charge is 0.295 e. The Balaban J connectivity index is 1.99. The van der Waals surface area contributed by atoms with Gasteiger partial charge in [-0.3, -0.25) is 4.79 Å². The quantitative estimate of drug-likeness (QED) is 0.554. The van der Waals surface area contributed by atoms with Gasteiger partial charge in [-0.1, -0.05) is 18.9 Å². The van der Waals surface area contributed by atoms with Crippen LogP contribution in [-0.2, 0) is 4.79 Å². The molecule has 0 radical (unpaired) electrons. The summed E-state index contributed by atoms with van der Waals surface area (Å²) in [5.41, 5.74) is 0.469. The number of hydrogen-bond acceptors (Lipinski definition) is 1. The molecule has 2 fully saturated rings. The maximum Gasteiger partial charge on any atom is 0.158 e. The van der Waals surface area contributed by atoms with Crippen molar-refractivity contribution in [3.05, 3.63) is 12.2 Å². The van der Waals surface area contributed by atoms with Crippen LogP contribution in [0.15, 0.2) is 12.2 Å². The lowest BCUT2D eigenvalue weighted by Crippen LogP contribution is -2.28. The van der Waals surface area contributed by atoms with Gasteiger partial charge in [0.2, 0.25) is 0 Å². The van der Waals surface area contributed by atoms with Crippen molar-refractivity contribution in [3.63, 3.8) is 0 Å². The number of fused-ring (bicyclic) bond motifs is 1. The maximum absolute atomic E-state index is 11.5. The van der Waals surface area contributed by atoms with E-state index >= 15 is 0 Å². The SMILES string of the molecule is O=C1C=C[C@@]23CCCC[C@H]2C[C@@H]1C3. The third kappa shape index (κ3) is 0.962. The molecule has 2 saturated carbocycles. The van der Waals surface area contributed by atoms with Gasteiger partial charge in [-0.25, -0.2) is 0 Å². The number of carbonyl (C=O) groups excluding carboxylic acids is 1. The molecular formula is C12H16O. The van der Waals surface area contributed by atoms with Crippen molar-refractivity contribution >= 4 is 5.78 Å². The Morgan fingerprint density at radius 3 is 3.23 bits per heavy atom. The highest BCUT2D eigenvalue weighted by Crippen LogP contribution is 2.57. The Hall–Kier alpha value is -0.590. The minimum Gasteiger partial charge on any atom is -0.295 e. The van der Waals surface area contributed by atoms with E-state index in [9.17, 15) is 4.79 Å². The van der Waals surface area contributed by atoms with Crippen LogP contribution in [0, 0.1) is 17.3 Å². The molecule has 1 spiro atoms. The molecule has 0 aromatic carbocycles. The number of rotatable bonds is 0. The number of ketones is 1. The van der Waals surface area contributed by atoms with E-state index in [0.29, 0.717) is 17.1 Å². The average molecular weight is 176 g/mol. The standard InChI is InChI=1S/C12H16O/c13-11-4-6-12-5-2-1-3-10(12)7-9(11)8-12/h4,6,9-10H,1-3,5,7-8H2/t9-,10+,12-/m1/s1. The third-order valence-corrected chi connectivity index (χ3v) is 4.44. The first-order valence-corrected chi connectivity index (χ1v) is 5.53. The summed E-state index contributed by atoms with van der Waals surface area (Å²) in [5.74, 6) is 1.64. The third-order valence-electron chi connectivity index (χ3n) is 4.44. The van der Waals surface area contributed by atoms with Crippen LogP contribution in [0.2, 0.25) is 0 Å². The second-order valence-electron chi connectivity index (χ2n) is 5.05. The van der Waals surface area contributed by atoms with Crippen molar-refractivity contribution in [2.75, 3.05) is 0 Å². The molecule has 0 heterocycles. The molecule has 1 heteroatoms. The zero-order valence-corrected chi connectivity index (χ0v) is 7.96. The second-order valence-corrected chi connectivity index (χ2v) is 5.05. The number of carbonyl (C=O) groups is 1. The van der Waals surface area contributed by atoms with Crippen molar-refractivity contribution < 1.29 is 4.79 Å². The summed E-state index contributed by atoms with van der Waals surface area (Å²) in [5, 5.41) is 0. The van der Waals surface area contributed by atoms with Crippen molar-refractivity contribution in [1.82, 2.24) is 0 Å². The van der Waals surface area contributed by atoms with Gasteiger partial charge in [-0.15, -0.1) is 0 Å². The smallest absolute Gasteiger partial charge is 0.158 e. The van der Waals surface area contributed by atoms with E-state index < -0.39 is 0 Å². The van der Waals surface area contributed by atoms with Crippen LogP contribution >= 0.6 is 0 Å². The molecule has 3 aliphatic rings. The highest BCUT2D eigenvalue weighted by Gasteiger charge is 2.50. The molecule has 0 aromatic rings. The van der Waals surface area contributed by atoms with Gasteiger partial charge >= 0.3 is 0 Å². The van der Waals surface area contributed by atoms with Gasteiger partial charge in [0.1, 0.15) is 0 Å². The fourth-order valence-electron chi connectivity index (χ4n) is 3.73. The van der Waals surface area contributed by atoms with Gasteiger partial charge in [0, 0.05) is 5.92 Å². The molecule has 0 aromatic heterocycles. The molecule has 0 unspecified atom stereocenters. The first kappa shape index (κ1) is 7.78.